The van der Waals surface area contributed by atoms with Crippen molar-refractivity contribution in [3.05, 3.63) is 23.9 Å². The van der Waals surface area contributed by atoms with E-state index in [1.807, 2.05) is 32.2 Å². The van der Waals surface area contributed by atoms with E-state index >= 15 is 0 Å². The second-order valence-electron chi connectivity index (χ2n) is 5.83. The Kier molecular flexibility index (Phi) is 7.92. The first-order valence-corrected chi connectivity index (χ1v) is 7.75. The molecule has 1 saturated carbocycles. The molecular weight excluding hydrogens is 391 g/mol. The van der Waals surface area contributed by atoms with Crippen LogP contribution in [0.1, 0.15) is 39.7 Å². The van der Waals surface area contributed by atoms with Gasteiger partial charge < -0.3 is 15.4 Å². The number of nitrogens with one attached hydrogen (secondary N) is 2. The van der Waals surface area contributed by atoms with Gasteiger partial charge in [-0.25, -0.2) is 9.98 Å². The quantitative estimate of drug-likeness (QED) is 0.424. The van der Waals surface area contributed by atoms with Crippen LogP contribution in [0.25, 0.3) is 0 Å². The summed E-state index contributed by atoms with van der Waals surface area (Å²) in [5.41, 5.74) is 1.08. The van der Waals surface area contributed by atoms with Gasteiger partial charge in [0, 0.05) is 24.8 Å². The molecule has 124 valence electrons. The van der Waals surface area contributed by atoms with Crippen LogP contribution < -0.4 is 15.4 Å². The summed E-state index contributed by atoms with van der Waals surface area (Å²) in [6.07, 6.45) is 3.20. The molecule has 1 aliphatic carbocycles. The molecule has 6 heteroatoms. The minimum Gasteiger partial charge on any atom is -0.475 e. The van der Waals surface area contributed by atoms with E-state index < -0.39 is 0 Å². The molecule has 22 heavy (non-hydrogen) atoms. The molecule has 0 aliphatic heterocycles. The van der Waals surface area contributed by atoms with Gasteiger partial charge in [-0.05, 0) is 38.7 Å². The van der Waals surface area contributed by atoms with E-state index in [9.17, 15) is 0 Å². The molecule has 1 aliphatic rings. The topological polar surface area (TPSA) is 58.5 Å². The van der Waals surface area contributed by atoms with Gasteiger partial charge in [0.05, 0.1) is 12.6 Å². The number of nitrogens with zero attached hydrogens (tertiary/aromatic N) is 2. The average molecular weight is 418 g/mol. The number of ether oxygens (including phenoxy) is 1. The minimum absolute atomic E-state index is 0. The van der Waals surface area contributed by atoms with Gasteiger partial charge in [-0.2, -0.15) is 0 Å². The summed E-state index contributed by atoms with van der Waals surface area (Å²) in [7, 11) is 0. The zero-order valence-corrected chi connectivity index (χ0v) is 16.1. The number of aliphatic imine (C=N–C) groups is 1. The molecule has 2 atom stereocenters. The van der Waals surface area contributed by atoms with Crippen molar-refractivity contribution in [3.8, 4) is 5.88 Å². The van der Waals surface area contributed by atoms with Gasteiger partial charge in [-0.3, -0.25) is 0 Å². The number of guanidine groups is 1. The molecule has 1 fully saturated rings. The zero-order valence-electron chi connectivity index (χ0n) is 13.8. The molecule has 1 aromatic rings. The monoisotopic (exact) mass is 418 g/mol. The second-order valence-corrected chi connectivity index (χ2v) is 5.83. The summed E-state index contributed by atoms with van der Waals surface area (Å²) in [6, 6.07) is 4.48. The first kappa shape index (κ1) is 19.0. The van der Waals surface area contributed by atoms with E-state index in [0.717, 1.165) is 24.0 Å². The van der Waals surface area contributed by atoms with E-state index in [1.54, 1.807) is 0 Å². The Hall–Kier alpha value is -1.05. The highest BCUT2D eigenvalue weighted by Gasteiger charge is 2.33. The lowest BCUT2D eigenvalue weighted by Crippen LogP contribution is -2.39. The van der Waals surface area contributed by atoms with Gasteiger partial charge in [0.25, 0.3) is 0 Å². The lowest BCUT2D eigenvalue weighted by atomic mass is 10.3. The molecule has 5 nitrogen and oxygen atoms in total. The van der Waals surface area contributed by atoms with Crippen molar-refractivity contribution in [3.63, 3.8) is 0 Å². The van der Waals surface area contributed by atoms with E-state index in [-0.39, 0.29) is 30.1 Å². The Balaban J connectivity index is 0.00000242. The SMILES string of the molecule is CCNC(=NCc1ccc(OC(C)C)nc1)NC1CC1C.I. The van der Waals surface area contributed by atoms with Crippen LogP contribution in [0.5, 0.6) is 5.88 Å². The maximum Gasteiger partial charge on any atom is 0.213 e. The van der Waals surface area contributed by atoms with Crippen molar-refractivity contribution in [2.75, 3.05) is 6.54 Å². The van der Waals surface area contributed by atoms with Gasteiger partial charge >= 0.3 is 0 Å². The third-order valence-electron chi connectivity index (χ3n) is 3.35. The van der Waals surface area contributed by atoms with Crippen molar-refractivity contribution in [2.45, 2.75) is 52.8 Å². The summed E-state index contributed by atoms with van der Waals surface area (Å²) in [4.78, 5) is 8.90. The fourth-order valence-electron chi connectivity index (χ4n) is 2.00. The third-order valence-corrected chi connectivity index (χ3v) is 3.35. The highest BCUT2D eigenvalue weighted by molar-refractivity contribution is 14.0. The highest BCUT2D eigenvalue weighted by atomic mass is 127. The summed E-state index contributed by atoms with van der Waals surface area (Å²) < 4.78 is 5.53. The van der Waals surface area contributed by atoms with Gasteiger partial charge in [0.2, 0.25) is 5.88 Å². The third kappa shape index (κ3) is 6.37. The zero-order chi connectivity index (χ0) is 15.2. The molecular formula is C16H27IN4O. The van der Waals surface area contributed by atoms with Crippen molar-refractivity contribution in [2.24, 2.45) is 10.9 Å². The number of hydrogen-bond acceptors (Lipinski definition) is 3. The number of rotatable bonds is 6. The average Bonchev–Trinajstić information content (AvgIpc) is 3.13. The van der Waals surface area contributed by atoms with Crippen molar-refractivity contribution < 1.29 is 4.74 Å². The lowest BCUT2D eigenvalue weighted by Gasteiger charge is -2.11. The Labute approximate surface area is 150 Å². The molecule has 0 aromatic carbocycles. The largest absolute Gasteiger partial charge is 0.475 e. The smallest absolute Gasteiger partial charge is 0.213 e. The van der Waals surface area contributed by atoms with Crippen LogP contribution in [0.15, 0.2) is 23.3 Å². The predicted octanol–water partition coefficient (Wildman–Crippen LogP) is 2.95. The Morgan fingerprint density at radius 2 is 2.18 bits per heavy atom. The summed E-state index contributed by atoms with van der Waals surface area (Å²) in [5.74, 6) is 2.30. The molecule has 0 amide bonds. The predicted molar refractivity (Wildman–Crippen MR) is 101 cm³/mol. The Morgan fingerprint density at radius 3 is 2.68 bits per heavy atom. The fourth-order valence-corrected chi connectivity index (χ4v) is 2.00. The lowest BCUT2D eigenvalue weighted by molar-refractivity contribution is 0.232. The maximum absolute atomic E-state index is 5.53. The van der Waals surface area contributed by atoms with Crippen LogP contribution in [0.3, 0.4) is 0 Å². The number of hydrogen-bond donors (Lipinski definition) is 2. The van der Waals surface area contributed by atoms with Gasteiger partial charge in [0.1, 0.15) is 0 Å². The van der Waals surface area contributed by atoms with Gasteiger partial charge in [0.15, 0.2) is 5.96 Å². The highest BCUT2D eigenvalue weighted by Crippen LogP contribution is 2.28. The molecule has 0 radical (unpaired) electrons. The van der Waals surface area contributed by atoms with Crippen LogP contribution in [-0.4, -0.2) is 29.6 Å². The first-order chi connectivity index (χ1) is 10.1. The van der Waals surface area contributed by atoms with Gasteiger partial charge in [-0.15, -0.1) is 24.0 Å². The molecule has 0 bridgehead atoms. The number of pyridine rings is 1. The van der Waals surface area contributed by atoms with Gasteiger partial charge in [-0.1, -0.05) is 13.0 Å². The molecule has 2 rings (SSSR count). The molecule has 2 N–H and O–H groups in total. The van der Waals surface area contributed by atoms with Crippen LogP contribution in [0, 0.1) is 5.92 Å². The van der Waals surface area contributed by atoms with E-state index in [4.69, 9.17) is 4.74 Å². The summed E-state index contributed by atoms with van der Waals surface area (Å²) in [6.45, 7) is 9.80. The van der Waals surface area contributed by atoms with E-state index in [0.29, 0.717) is 18.5 Å². The van der Waals surface area contributed by atoms with E-state index in [2.05, 4.69) is 34.5 Å². The van der Waals surface area contributed by atoms with E-state index in [1.165, 1.54) is 6.42 Å². The molecule has 1 heterocycles. The van der Waals surface area contributed by atoms with Crippen molar-refractivity contribution >= 4 is 29.9 Å². The van der Waals surface area contributed by atoms with Crippen molar-refractivity contribution in [1.29, 1.82) is 0 Å². The molecule has 0 spiro atoms. The van der Waals surface area contributed by atoms with Crippen LogP contribution in [0.2, 0.25) is 0 Å². The molecule has 0 saturated heterocycles. The number of aromatic nitrogens is 1. The standard InChI is InChI=1S/C16H26N4O.HI/c1-5-17-16(20-14-8-12(14)4)19-10-13-6-7-15(18-9-13)21-11(2)3;/h6-7,9,11-12,14H,5,8,10H2,1-4H3,(H2,17,19,20);1H. The molecule has 2 unspecified atom stereocenters. The second kappa shape index (κ2) is 9.17. The Morgan fingerprint density at radius 1 is 1.45 bits per heavy atom. The fraction of sp³-hybridized carbons (Fsp3) is 0.625. The van der Waals surface area contributed by atoms with Crippen molar-refractivity contribution in [1.82, 2.24) is 15.6 Å². The summed E-state index contributed by atoms with van der Waals surface area (Å²) >= 11 is 0. The van der Waals surface area contributed by atoms with Crippen LogP contribution >= 0.6 is 24.0 Å². The maximum atomic E-state index is 5.53. The minimum atomic E-state index is 0. The summed E-state index contributed by atoms with van der Waals surface area (Å²) in [5, 5.41) is 6.72. The first-order valence-electron chi connectivity index (χ1n) is 7.75. The number of halogens is 1. The molecule has 1 aromatic heterocycles. The Bertz CT molecular complexity index is 476. The van der Waals surface area contributed by atoms with Crippen LogP contribution in [-0.2, 0) is 6.54 Å². The van der Waals surface area contributed by atoms with Crippen LogP contribution in [0.4, 0.5) is 0 Å². The normalized spacial score (nSPS) is 20.3.